The third-order valence-electron chi connectivity index (χ3n) is 10.6. The minimum Gasteiger partial charge on any atom is -0.462 e. The van der Waals surface area contributed by atoms with Crippen LogP contribution in [0.15, 0.2) is 36.5 Å². The summed E-state index contributed by atoms with van der Waals surface area (Å²) < 4.78 is 16.7. The lowest BCUT2D eigenvalue weighted by molar-refractivity contribution is -0.167. The molecule has 0 saturated heterocycles. The number of ether oxygens (including phenoxy) is 3. The summed E-state index contributed by atoms with van der Waals surface area (Å²) in [6.07, 6.45) is 52.7. The average Bonchev–Trinajstić information content (AvgIpc) is 3.21. The van der Waals surface area contributed by atoms with E-state index < -0.39 is 6.10 Å². The fraction of sp³-hybridized carbons (Fsp3) is 0.824. The van der Waals surface area contributed by atoms with Gasteiger partial charge in [0.15, 0.2) is 6.10 Å². The molecule has 0 fully saturated rings. The van der Waals surface area contributed by atoms with Crippen LogP contribution < -0.4 is 0 Å². The minimum atomic E-state index is -0.772. The van der Waals surface area contributed by atoms with Crippen molar-refractivity contribution >= 4 is 17.9 Å². The third-order valence-corrected chi connectivity index (χ3v) is 10.6. The third kappa shape index (κ3) is 44.6. The topological polar surface area (TPSA) is 78.9 Å². The van der Waals surface area contributed by atoms with E-state index in [1.54, 1.807) is 0 Å². The van der Waals surface area contributed by atoms with E-state index in [0.717, 1.165) is 70.6 Å². The number of esters is 3. The zero-order valence-corrected chi connectivity index (χ0v) is 37.9. The maximum atomic E-state index is 12.7. The summed E-state index contributed by atoms with van der Waals surface area (Å²) in [6.45, 7) is 6.55. The van der Waals surface area contributed by atoms with Crippen LogP contribution in [0.4, 0.5) is 0 Å². The Bertz CT molecular complexity index is 969. The summed E-state index contributed by atoms with van der Waals surface area (Å²) in [7, 11) is 0. The van der Waals surface area contributed by atoms with Gasteiger partial charge in [-0.3, -0.25) is 14.4 Å². The molecule has 0 aliphatic carbocycles. The lowest BCUT2D eigenvalue weighted by Crippen LogP contribution is -2.30. The monoisotopic (exact) mass is 801 g/mol. The van der Waals surface area contributed by atoms with Crippen molar-refractivity contribution < 1.29 is 28.6 Å². The second-order valence-electron chi connectivity index (χ2n) is 16.4. The summed E-state index contributed by atoms with van der Waals surface area (Å²) >= 11 is 0. The van der Waals surface area contributed by atoms with Gasteiger partial charge in [0.1, 0.15) is 13.2 Å². The van der Waals surface area contributed by atoms with E-state index in [4.69, 9.17) is 14.2 Å². The van der Waals surface area contributed by atoms with E-state index in [1.807, 2.05) is 0 Å². The van der Waals surface area contributed by atoms with Crippen molar-refractivity contribution in [2.45, 2.75) is 258 Å². The molecule has 0 spiro atoms. The van der Waals surface area contributed by atoms with E-state index in [9.17, 15) is 14.4 Å². The van der Waals surface area contributed by atoms with Gasteiger partial charge in [-0.1, -0.05) is 205 Å². The number of carbonyl (C=O) groups is 3. The molecule has 1 atom stereocenters. The van der Waals surface area contributed by atoms with Crippen LogP contribution in [0, 0.1) is 0 Å². The lowest BCUT2D eigenvalue weighted by Gasteiger charge is -2.18. The molecule has 0 aromatic rings. The minimum absolute atomic E-state index is 0.0744. The first-order valence-electron chi connectivity index (χ1n) is 24.5. The highest BCUT2D eigenvalue weighted by Crippen LogP contribution is 2.15. The Balaban J connectivity index is 4.27. The number of hydrogen-bond donors (Lipinski definition) is 0. The van der Waals surface area contributed by atoms with E-state index in [-0.39, 0.29) is 31.1 Å². The van der Waals surface area contributed by atoms with Crippen molar-refractivity contribution in [3.63, 3.8) is 0 Å². The van der Waals surface area contributed by atoms with Crippen LogP contribution in [0.3, 0.4) is 0 Å². The largest absolute Gasteiger partial charge is 0.462 e. The fourth-order valence-electron chi connectivity index (χ4n) is 6.88. The standard InChI is InChI=1S/C51H92O6/c1-4-7-10-13-16-19-21-22-23-24-25-26-27-28-30-32-35-38-41-44-50(53)56-47-48(46-55-49(52)43-40-37-34-31-18-15-12-9-6-3)57-51(54)45-42-39-36-33-29-20-17-14-11-8-5-2/h14,16-17,19,21-22,48H,4-13,15,18,20,23-47H2,1-3H3/b17-14-,19-16-,22-21-. The van der Waals surface area contributed by atoms with Crippen molar-refractivity contribution in [2.24, 2.45) is 0 Å². The number of carbonyl (C=O) groups excluding carboxylic acids is 3. The molecule has 0 amide bonds. The van der Waals surface area contributed by atoms with Gasteiger partial charge in [0, 0.05) is 19.3 Å². The molecule has 0 N–H and O–H groups in total. The van der Waals surface area contributed by atoms with Crippen LogP contribution in [0.1, 0.15) is 252 Å². The molecule has 6 heteroatoms. The van der Waals surface area contributed by atoms with Gasteiger partial charge in [0.25, 0.3) is 0 Å². The first-order chi connectivity index (χ1) is 28.0. The van der Waals surface area contributed by atoms with Gasteiger partial charge < -0.3 is 14.2 Å². The Kier molecular flexibility index (Phi) is 44.4. The molecule has 0 bridgehead atoms. The van der Waals surface area contributed by atoms with E-state index >= 15 is 0 Å². The number of allylic oxidation sites excluding steroid dienone is 6. The molecule has 0 aromatic heterocycles. The summed E-state index contributed by atoms with van der Waals surface area (Å²) in [5.41, 5.74) is 0. The summed E-state index contributed by atoms with van der Waals surface area (Å²) in [5, 5.41) is 0. The molecule has 0 heterocycles. The molecular weight excluding hydrogens is 709 g/mol. The van der Waals surface area contributed by atoms with Crippen LogP contribution in [0.2, 0.25) is 0 Å². The Hall–Kier alpha value is -2.37. The second-order valence-corrected chi connectivity index (χ2v) is 16.4. The molecule has 1 unspecified atom stereocenters. The Morgan fingerprint density at radius 1 is 0.351 bits per heavy atom. The molecule has 57 heavy (non-hydrogen) atoms. The van der Waals surface area contributed by atoms with Crippen molar-refractivity contribution in [3.05, 3.63) is 36.5 Å². The molecule has 0 aliphatic rings. The van der Waals surface area contributed by atoms with Gasteiger partial charge in [-0.05, 0) is 64.2 Å². The van der Waals surface area contributed by atoms with Gasteiger partial charge in [-0.2, -0.15) is 0 Å². The molecule has 332 valence electrons. The van der Waals surface area contributed by atoms with E-state index in [1.165, 1.54) is 141 Å². The molecule has 6 nitrogen and oxygen atoms in total. The predicted octanol–water partition coefficient (Wildman–Crippen LogP) is 15.8. The van der Waals surface area contributed by atoms with Crippen LogP contribution in [0.25, 0.3) is 0 Å². The zero-order valence-electron chi connectivity index (χ0n) is 37.9. The first kappa shape index (κ1) is 54.6. The van der Waals surface area contributed by atoms with Crippen molar-refractivity contribution in [1.29, 1.82) is 0 Å². The molecule has 0 aliphatic heterocycles. The van der Waals surface area contributed by atoms with E-state index in [2.05, 4.69) is 57.2 Å². The molecular formula is C51H92O6. The average molecular weight is 801 g/mol. The van der Waals surface area contributed by atoms with Gasteiger partial charge in [-0.25, -0.2) is 0 Å². The zero-order chi connectivity index (χ0) is 41.5. The van der Waals surface area contributed by atoms with Gasteiger partial charge in [0.05, 0.1) is 0 Å². The molecule has 0 rings (SSSR count). The number of hydrogen-bond acceptors (Lipinski definition) is 6. The molecule has 0 radical (unpaired) electrons. The van der Waals surface area contributed by atoms with Gasteiger partial charge >= 0.3 is 17.9 Å². The maximum absolute atomic E-state index is 12.7. The Morgan fingerprint density at radius 2 is 0.649 bits per heavy atom. The number of rotatable bonds is 44. The predicted molar refractivity (Wildman–Crippen MR) is 242 cm³/mol. The Morgan fingerprint density at radius 3 is 1.07 bits per heavy atom. The van der Waals surface area contributed by atoms with Crippen LogP contribution in [0.5, 0.6) is 0 Å². The second kappa shape index (κ2) is 46.3. The van der Waals surface area contributed by atoms with Crippen molar-refractivity contribution in [3.8, 4) is 0 Å². The fourth-order valence-corrected chi connectivity index (χ4v) is 6.88. The smallest absolute Gasteiger partial charge is 0.306 e. The highest BCUT2D eigenvalue weighted by molar-refractivity contribution is 5.71. The number of unbranched alkanes of at least 4 members (excludes halogenated alkanes) is 28. The quantitative estimate of drug-likeness (QED) is 0.0201. The van der Waals surface area contributed by atoms with Crippen LogP contribution >= 0.6 is 0 Å². The SMILES string of the molecule is CCCC/C=C\CCCCCCCC(=O)OC(COC(=O)CCCCCCCCCCC)COC(=O)CCCCCCCCCCCC/C=C\C=C/CCCCC. The van der Waals surface area contributed by atoms with Crippen LogP contribution in [-0.4, -0.2) is 37.2 Å². The van der Waals surface area contributed by atoms with E-state index in [0.29, 0.717) is 19.3 Å². The lowest BCUT2D eigenvalue weighted by atomic mass is 10.1. The first-order valence-corrected chi connectivity index (χ1v) is 24.5. The highest BCUT2D eigenvalue weighted by Gasteiger charge is 2.19. The van der Waals surface area contributed by atoms with Crippen molar-refractivity contribution in [1.82, 2.24) is 0 Å². The normalized spacial score (nSPS) is 12.3. The van der Waals surface area contributed by atoms with Gasteiger partial charge in [0.2, 0.25) is 0 Å². The van der Waals surface area contributed by atoms with Crippen LogP contribution in [-0.2, 0) is 28.6 Å². The molecule has 0 saturated carbocycles. The summed E-state index contributed by atoms with van der Waals surface area (Å²) in [4.78, 5) is 37.7. The highest BCUT2D eigenvalue weighted by atomic mass is 16.6. The Labute approximate surface area is 353 Å². The maximum Gasteiger partial charge on any atom is 0.306 e. The van der Waals surface area contributed by atoms with Gasteiger partial charge in [-0.15, -0.1) is 0 Å². The van der Waals surface area contributed by atoms with Crippen molar-refractivity contribution in [2.75, 3.05) is 13.2 Å². The molecule has 0 aromatic carbocycles. The summed E-state index contributed by atoms with van der Waals surface area (Å²) in [6, 6.07) is 0. The summed E-state index contributed by atoms with van der Waals surface area (Å²) in [5.74, 6) is -0.886.